The van der Waals surface area contributed by atoms with Crippen molar-refractivity contribution in [2.24, 2.45) is 0 Å². The Labute approximate surface area is 47.4 Å². The lowest BCUT2D eigenvalue weighted by Crippen LogP contribution is -2.01. The molecule has 3 heteroatoms. The van der Waals surface area contributed by atoms with Crippen molar-refractivity contribution in [3.63, 3.8) is 0 Å². The van der Waals surface area contributed by atoms with E-state index in [1.165, 1.54) is 0 Å². The average Bonchev–Trinajstić information content (AvgIpc) is 1.87. The van der Waals surface area contributed by atoms with Crippen molar-refractivity contribution in [2.75, 3.05) is 6.61 Å². The van der Waals surface area contributed by atoms with Crippen LogP contribution in [0.4, 0.5) is 0 Å². The van der Waals surface area contributed by atoms with Crippen molar-refractivity contribution in [2.45, 2.75) is 13.0 Å². The molecule has 0 aromatic rings. The van der Waals surface area contributed by atoms with E-state index in [4.69, 9.17) is 9.47 Å². The predicted octanol–water partition coefficient (Wildman–Crippen LogP) is 0.707. The third-order valence-electron chi connectivity index (χ3n) is 0.733. The van der Waals surface area contributed by atoms with Crippen molar-refractivity contribution in [1.29, 1.82) is 0 Å². The van der Waals surface area contributed by atoms with Crippen molar-refractivity contribution in [3.05, 3.63) is 0 Å². The van der Waals surface area contributed by atoms with E-state index in [0.29, 0.717) is 6.61 Å². The van der Waals surface area contributed by atoms with E-state index < -0.39 is 0 Å². The fraction of sp³-hybridized carbons (Fsp3) is 0.750. The first-order valence-corrected chi connectivity index (χ1v) is 2.53. The van der Waals surface area contributed by atoms with Crippen LogP contribution in [-0.4, -0.2) is 17.9 Å². The van der Waals surface area contributed by atoms with Gasteiger partial charge in [-0.25, -0.2) is 0 Å². The summed E-state index contributed by atoms with van der Waals surface area (Å²) in [5, 5.41) is 0.285. The van der Waals surface area contributed by atoms with E-state index in [1.807, 2.05) is 6.92 Å². The van der Waals surface area contributed by atoms with Gasteiger partial charge >= 0.3 is 5.24 Å². The Morgan fingerprint density at radius 3 is 2.71 bits per heavy atom. The molecule has 0 aromatic heterocycles. The largest absolute Gasteiger partial charge is 0.453 e. The molecular formula is C4H6O2S. The summed E-state index contributed by atoms with van der Waals surface area (Å²) in [6.07, 6.45) is 0.160. The fourth-order valence-corrected chi connectivity index (χ4v) is 0.650. The first-order valence-electron chi connectivity index (χ1n) is 2.12. The zero-order valence-corrected chi connectivity index (χ0v) is 4.83. The highest BCUT2D eigenvalue weighted by Crippen LogP contribution is 2.03. The highest BCUT2D eigenvalue weighted by molar-refractivity contribution is 7.79. The Kier molecular flexibility index (Phi) is 1.15. The molecule has 0 radical (unpaired) electrons. The molecule has 0 amide bonds. The minimum Gasteiger partial charge on any atom is -0.453 e. The summed E-state index contributed by atoms with van der Waals surface area (Å²) >= 11 is 4.55. The first kappa shape index (κ1) is 4.84. The van der Waals surface area contributed by atoms with Crippen LogP contribution in [-0.2, 0) is 9.47 Å². The number of rotatable bonds is 0. The maximum Gasteiger partial charge on any atom is 0.352 e. The monoisotopic (exact) mass is 118 g/mol. The molecule has 1 rings (SSSR count). The van der Waals surface area contributed by atoms with Gasteiger partial charge in [0.1, 0.15) is 12.7 Å². The van der Waals surface area contributed by atoms with Gasteiger partial charge in [-0.1, -0.05) is 0 Å². The molecule has 0 aliphatic carbocycles. The maximum absolute atomic E-state index is 4.87. The van der Waals surface area contributed by atoms with Gasteiger partial charge in [-0.15, -0.1) is 0 Å². The standard InChI is InChI=1S/C4H6O2S/c1-3-2-5-4(7)6-3/h3H,2H2,1H3/t3-/m1/s1. The maximum atomic E-state index is 4.87. The molecule has 1 aliphatic rings. The summed E-state index contributed by atoms with van der Waals surface area (Å²) in [6.45, 7) is 2.53. The highest BCUT2D eigenvalue weighted by atomic mass is 32.1. The van der Waals surface area contributed by atoms with Gasteiger partial charge in [-0.2, -0.15) is 0 Å². The van der Waals surface area contributed by atoms with Gasteiger partial charge < -0.3 is 9.47 Å². The van der Waals surface area contributed by atoms with Crippen LogP contribution in [0.5, 0.6) is 0 Å². The smallest absolute Gasteiger partial charge is 0.352 e. The van der Waals surface area contributed by atoms with Gasteiger partial charge in [0, 0.05) is 12.2 Å². The quantitative estimate of drug-likeness (QED) is 0.436. The minimum absolute atomic E-state index is 0.160. The lowest BCUT2D eigenvalue weighted by Gasteiger charge is -1.92. The zero-order valence-electron chi connectivity index (χ0n) is 4.01. The van der Waals surface area contributed by atoms with E-state index in [1.54, 1.807) is 0 Å². The molecule has 2 nitrogen and oxygen atoms in total. The van der Waals surface area contributed by atoms with E-state index in [0.717, 1.165) is 0 Å². The minimum atomic E-state index is 0.160. The average molecular weight is 118 g/mol. The van der Waals surface area contributed by atoms with Gasteiger partial charge in [-0.05, 0) is 6.92 Å². The van der Waals surface area contributed by atoms with Gasteiger partial charge in [0.05, 0.1) is 0 Å². The third kappa shape index (κ3) is 1.03. The van der Waals surface area contributed by atoms with Crippen LogP contribution in [0.2, 0.25) is 0 Å². The molecule has 0 aromatic carbocycles. The van der Waals surface area contributed by atoms with Crippen molar-refractivity contribution >= 4 is 17.5 Å². The van der Waals surface area contributed by atoms with Crippen LogP contribution in [0.15, 0.2) is 0 Å². The predicted molar refractivity (Wildman–Crippen MR) is 29.1 cm³/mol. The summed E-state index contributed by atoms with van der Waals surface area (Å²) in [4.78, 5) is 0. The van der Waals surface area contributed by atoms with Crippen molar-refractivity contribution < 1.29 is 9.47 Å². The second-order valence-electron chi connectivity index (χ2n) is 1.49. The molecule has 0 unspecified atom stereocenters. The molecule has 1 fully saturated rings. The number of hydrogen-bond donors (Lipinski definition) is 0. The highest BCUT2D eigenvalue weighted by Gasteiger charge is 2.15. The topological polar surface area (TPSA) is 18.5 Å². The van der Waals surface area contributed by atoms with E-state index in [2.05, 4.69) is 12.2 Å². The molecule has 1 heterocycles. The van der Waals surface area contributed by atoms with Gasteiger partial charge in [0.15, 0.2) is 0 Å². The lowest BCUT2D eigenvalue weighted by molar-refractivity contribution is 0.253. The number of hydrogen-bond acceptors (Lipinski definition) is 3. The lowest BCUT2D eigenvalue weighted by atomic mass is 10.5. The molecule has 1 atom stereocenters. The number of ether oxygens (including phenoxy) is 2. The number of thiocarbonyl (C=S) groups is 1. The summed E-state index contributed by atoms with van der Waals surface area (Å²) in [6, 6.07) is 0. The summed E-state index contributed by atoms with van der Waals surface area (Å²) in [5.74, 6) is 0. The van der Waals surface area contributed by atoms with Crippen LogP contribution in [0.25, 0.3) is 0 Å². The Morgan fingerprint density at radius 1 is 1.86 bits per heavy atom. The molecule has 0 bridgehead atoms. The van der Waals surface area contributed by atoms with E-state index in [-0.39, 0.29) is 11.3 Å². The van der Waals surface area contributed by atoms with Crippen molar-refractivity contribution in [1.82, 2.24) is 0 Å². The molecule has 7 heavy (non-hydrogen) atoms. The molecule has 1 saturated heterocycles. The molecule has 1 aliphatic heterocycles. The van der Waals surface area contributed by atoms with Crippen LogP contribution in [0.1, 0.15) is 6.92 Å². The SMILES string of the molecule is C[C@@H]1COC(=S)O1. The second kappa shape index (κ2) is 1.66. The van der Waals surface area contributed by atoms with Crippen molar-refractivity contribution in [3.8, 4) is 0 Å². The van der Waals surface area contributed by atoms with Crippen LogP contribution < -0.4 is 0 Å². The van der Waals surface area contributed by atoms with E-state index in [9.17, 15) is 0 Å². The Balaban J connectivity index is 2.40. The Morgan fingerprint density at radius 2 is 2.57 bits per heavy atom. The summed E-state index contributed by atoms with van der Waals surface area (Å²) < 4.78 is 9.64. The van der Waals surface area contributed by atoms with Gasteiger partial charge in [-0.3, -0.25) is 0 Å². The van der Waals surface area contributed by atoms with Crippen LogP contribution in [0, 0.1) is 0 Å². The van der Waals surface area contributed by atoms with Crippen LogP contribution in [0.3, 0.4) is 0 Å². The van der Waals surface area contributed by atoms with Gasteiger partial charge in [0.25, 0.3) is 0 Å². The summed E-state index contributed by atoms with van der Waals surface area (Å²) in [7, 11) is 0. The Bertz CT molecular complexity index is 91.7. The molecular weight excluding hydrogens is 112 g/mol. The normalized spacial score (nSPS) is 29.3. The molecule has 0 N–H and O–H groups in total. The second-order valence-corrected chi connectivity index (χ2v) is 1.82. The molecule has 0 spiro atoms. The fourth-order valence-electron chi connectivity index (χ4n) is 0.418. The molecule has 40 valence electrons. The van der Waals surface area contributed by atoms with E-state index >= 15 is 0 Å². The zero-order chi connectivity index (χ0) is 5.28. The first-order chi connectivity index (χ1) is 3.29. The summed E-state index contributed by atoms with van der Waals surface area (Å²) in [5.41, 5.74) is 0. The Hall–Kier alpha value is -0.310. The van der Waals surface area contributed by atoms with Crippen LogP contribution >= 0.6 is 12.2 Å². The molecule has 0 saturated carbocycles. The van der Waals surface area contributed by atoms with Gasteiger partial charge in [0.2, 0.25) is 0 Å². The third-order valence-corrected chi connectivity index (χ3v) is 0.947.